The van der Waals surface area contributed by atoms with Crippen LogP contribution in [0.1, 0.15) is 11.3 Å². The molecular weight excluding hydrogens is 186 g/mol. The molecule has 1 N–H and O–H groups in total. The van der Waals surface area contributed by atoms with Crippen LogP contribution >= 0.6 is 12.6 Å². The van der Waals surface area contributed by atoms with Gasteiger partial charge in [-0.15, -0.1) is 0 Å². The first-order valence-corrected chi connectivity index (χ1v) is 4.25. The van der Waals surface area contributed by atoms with E-state index in [-0.39, 0.29) is 6.61 Å². The first-order chi connectivity index (χ1) is 6.22. The molecular formula is C8H8N3OS. The molecule has 0 aliphatic heterocycles. The van der Waals surface area contributed by atoms with Crippen LogP contribution < -0.4 is 0 Å². The summed E-state index contributed by atoms with van der Waals surface area (Å²) in [5.41, 5.74) is 2.19. The van der Waals surface area contributed by atoms with Gasteiger partial charge in [0.25, 0.3) is 0 Å². The van der Waals surface area contributed by atoms with Gasteiger partial charge in [0.05, 0.1) is 12.8 Å². The van der Waals surface area contributed by atoms with E-state index in [1.165, 1.54) is 0 Å². The van der Waals surface area contributed by atoms with Crippen LogP contribution in [0.25, 0.3) is 5.65 Å². The molecule has 2 heterocycles. The van der Waals surface area contributed by atoms with Crippen molar-refractivity contribution in [2.75, 3.05) is 0 Å². The third-order valence-corrected chi connectivity index (χ3v) is 2.10. The molecule has 2 aromatic heterocycles. The number of hydrogen-bond acceptors (Lipinski definition) is 3. The zero-order valence-corrected chi connectivity index (χ0v) is 7.88. The van der Waals surface area contributed by atoms with Gasteiger partial charge in [-0.25, -0.2) is 9.50 Å². The zero-order chi connectivity index (χ0) is 9.42. The Hall–Kier alpha value is -1.20. The highest BCUT2D eigenvalue weighted by Crippen LogP contribution is 2.14. The van der Waals surface area contributed by atoms with Crippen LogP contribution in [0, 0.1) is 6.92 Å². The van der Waals surface area contributed by atoms with Gasteiger partial charge >= 0.3 is 0 Å². The minimum atomic E-state index is -0.0608. The van der Waals surface area contributed by atoms with Crippen LogP contribution in [0.2, 0.25) is 0 Å². The summed E-state index contributed by atoms with van der Waals surface area (Å²) in [5, 5.41) is 13.6. The molecule has 0 saturated heterocycles. The monoisotopic (exact) mass is 194 g/mol. The van der Waals surface area contributed by atoms with E-state index in [0.29, 0.717) is 16.2 Å². The Morgan fingerprint density at radius 2 is 2.38 bits per heavy atom. The minimum absolute atomic E-state index is 0.0608. The molecule has 0 saturated carbocycles. The maximum absolute atomic E-state index is 8.98. The average molecular weight is 194 g/mol. The largest absolute Gasteiger partial charge is 0.391 e. The molecule has 0 bridgehead atoms. The predicted octanol–water partition coefficient (Wildman–Crippen LogP) is 1.09. The molecule has 2 aromatic rings. The maximum atomic E-state index is 8.98. The van der Waals surface area contributed by atoms with Crippen molar-refractivity contribution < 1.29 is 5.11 Å². The molecule has 0 spiro atoms. The number of aromatic nitrogens is 3. The van der Waals surface area contributed by atoms with E-state index < -0.39 is 0 Å². The van der Waals surface area contributed by atoms with E-state index in [4.69, 9.17) is 17.7 Å². The number of aryl methyl sites for hydroxylation is 1. The fourth-order valence-corrected chi connectivity index (χ4v) is 1.51. The number of fused-ring (bicyclic) bond motifs is 1. The van der Waals surface area contributed by atoms with Crippen LogP contribution in [0.5, 0.6) is 0 Å². The molecule has 67 valence electrons. The van der Waals surface area contributed by atoms with Gasteiger partial charge < -0.3 is 5.11 Å². The number of aliphatic hydroxyl groups is 1. The number of aliphatic hydroxyl groups excluding tert-OH is 1. The van der Waals surface area contributed by atoms with E-state index in [9.17, 15) is 0 Å². The summed E-state index contributed by atoms with van der Waals surface area (Å²) >= 11 is 5.08. The molecule has 0 fully saturated rings. The highest BCUT2D eigenvalue weighted by Gasteiger charge is 2.07. The molecule has 0 aromatic carbocycles. The Morgan fingerprint density at radius 3 is 3.08 bits per heavy atom. The fraction of sp³-hybridized carbons (Fsp3) is 0.250. The van der Waals surface area contributed by atoms with Crippen molar-refractivity contribution >= 4 is 18.3 Å². The Morgan fingerprint density at radius 1 is 1.62 bits per heavy atom. The standard InChI is InChI=1S/C8H8N3OS/c1-5-2-7(13)11-8(10-5)6(4-12)3-9-11/h2-3,12H,4H2,1H3. The zero-order valence-electron chi connectivity index (χ0n) is 7.06. The first kappa shape index (κ1) is 8.40. The van der Waals surface area contributed by atoms with Crippen LogP contribution in [0.4, 0.5) is 0 Å². The van der Waals surface area contributed by atoms with Crippen molar-refractivity contribution in [2.45, 2.75) is 18.6 Å². The van der Waals surface area contributed by atoms with Gasteiger partial charge in [0.1, 0.15) is 5.03 Å². The average Bonchev–Trinajstić information content (AvgIpc) is 2.47. The van der Waals surface area contributed by atoms with E-state index in [1.807, 2.05) is 6.92 Å². The Bertz CT molecular complexity index is 452. The molecule has 13 heavy (non-hydrogen) atoms. The molecule has 0 amide bonds. The lowest BCUT2D eigenvalue weighted by Gasteiger charge is -1.99. The summed E-state index contributed by atoms with van der Waals surface area (Å²) in [5.74, 6) is 0. The summed E-state index contributed by atoms with van der Waals surface area (Å²) in [4.78, 5) is 4.24. The lowest BCUT2D eigenvalue weighted by Crippen LogP contribution is -1.95. The molecule has 1 radical (unpaired) electrons. The highest BCUT2D eigenvalue weighted by molar-refractivity contribution is 7.80. The Balaban J connectivity index is 2.82. The lowest BCUT2D eigenvalue weighted by atomic mass is 10.3. The van der Waals surface area contributed by atoms with E-state index in [0.717, 1.165) is 5.69 Å². The van der Waals surface area contributed by atoms with Crippen LogP contribution in [-0.2, 0) is 6.61 Å². The van der Waals surface area contributed by atoms with Crippen molar-refractivity contribution in [3.63, 3.8) is 0 Å². The second kappa shape index (κ2) is 2.93. The van der Waals surface area contributed by atoms with Gasteiger partial charge in [-0.05, 0) is 13.0 Å². The molecule has 4 nitrogen and oxygen atoms in total. The van der Waals surface area contributed by atoms with Crippen molar-refractivity contribution in [1.29, 1.82) is 0 Å². The van der Waals surface area contributed by atoms with Gasteiger partial charge in [-0.1, -0.05) is 12.6 Å². The molecule has 0 aliphatic carbocycles. The Kier molecular flexibility index (Phi) is 1.90. The van der Waals surface area contributed by atoms with Crippen molar-refractivity contribution in [3.8, 4) is 0 Å². The quantitative estimate of drug-likeness (QED) is 0.691. The third-order valence-electron chi connectivity index (χ3n) is 1.81. The van der Waals surface area contributed by atoms with E-state index >= 15 is 0 Å². The highest BCUT2D eigenvalue weighted by atomic mass is 32.1. The van der Waals surface area contributed by atoms with E-state index in [1.54, 1.807) is 16.8 Å². The van der Waals surface area contributed by atoms with Crippen LogP contribution in [0.3, 0.4) is 0 Å². The second-order valence-corrected chi connectivity index (χ2v) is 3.22. The summed E-state index contributed by atoms with van der Waals surface area (Å²) in [6.07, 6.45) is 1.58. The van der Waals surface area contributed by atoms with Gasteiger partial charge in [-0.3, -0.25) is 0 Å². The van der Waals surface area contributed by atoms with Crippen molar-refractivity contribution in [2.24, 2.45) is 0 Å². The van der Waals surface area contributed by atoms with Crippen molar-refractivity contribution in [1.82, 2.24) is 14.6 Å². The summed E-state index contributed by atoms with van der Waals surface area (Å²) < 4.78 is 1.55. The molecule has 5 heteroatoms. The Labute approximate surface area is 80.6 Å². The van der Waals surface area contributed by atoms with Gasteiger partial charge in [-0.2, -0.15) is 5.10 Å². The summed E-state index contributed by atoms with van der Waals surface area (Å²) in [6.45, 7) is 1.80. The van der Waals surface area contributed by atoms with Crippen LogP contribution in [-0.4, -0.2) is 19.7 Å². The number of hydrogen-bond donors (Lipinski definition) is 1. The topological polar surface area (TPSA) is 50.4 Å². The maximum Gasteiger partial charge on any atom is 0.162 e. The number of nitrogens with zero attached hydrogens (tertiary/aromatic N) is 3. The molecule has 2 rings (SSSR count). The first-order valence-electron chi connectivity index (χ1n) is 3.84. The molecule has 0 aliphatic rings. The second-order valence-electron chi connectivity index (χ2n) is 2.80. The normalized spacial score (nSPS) is 10.9. The van der Waals surface area contributed by atoms with Crippen LogP contribution in [0.15, 0.2) is 17.3 Å². The minimum Gasteiger partial charge on any atom is -0.391 e. The molecule has 0 unspecified atom stereocenters. The predicted molar refractivity (Wildman–Crippen MR) is 49.5 cm³/mol. The smallest absolute Gasteiger partial charge is 0.162 e. The van der Waals surface area contributed by atoms with Gasteiger partial charge in [0.15, 0.2) is 5.65 Å². The van der Waals surface area contributed by atoms with Gasteiger partial charge in [0, 0.05) is 11.3 Å². The molecule has 0 atom stereocenters. The summed E-state index contributed by atoms with van der Waals surface area (Å²) in [6, 6.07) is 1.77. The fourth-order valence-electron chi connectivity index (χ4n) is 1.21. The lowest BCUT2D eigenvalue weighted by molar-refractivity contribution is 0.283. The van der Waals surface area contributed by atoms with Gasteiger partial charge in [0.2, 0.25) is 0 Å². The van der Waals surface area contributed by atoms with Crippen molar-refractivity contribution in [3.05, 3.63) is 23.5 Å². The third kappa shape index (κ3) is 1.26. The SMILES string of the molecule is Cc1cc([S])n2ncc(CO)c2n1. The van der Waals surface area contributed by atoms with E-state index in [2.05, 4.69) is 10.1 Å². The number of rotatable bonds is 1. The summed E-state index contributed by atoms with van der Waals surface area (Å²) in [7, 11) is 0.